The molecule has 0 aromatic heterocycles. The minimum absolute atomic E-state index is 0.0787. The fourth-order valence-electron chi connectivity index (χ4n) is 2.30. The average molecular weight is 278 g/mol. The Morgan fingerprint density at radius 1 is 1.40 bits per heavy atom. The summed E-state index contributed by atoms with van der Waals surface area (Å²) in [6, 6.07) is 4.30. The second-order valence-corrected chi connectivity index (χ2v) is 4.92. The number of rotatable bonds is 4. The van der Waals surface area contributed by atoms with Crippen LogP contribution in [0.2, 0.25) is 0 Å². The number of carboxylic acid groups (broad SMARTS) is 1. The zero-order valence-electron chi connectivity index (χ0n) is 10.9. The van der Waals surface area contributed by atoms with Crippen molar-refractivity contribution in [1.82, 2.24) is 5.32 Å². The Morgan fingerprint density at radius 3 is 2.50 bits per heavy atom. The van der Waals surface area contributed by atoms with Crippen molar-refractivity contribution in [3.05, 3.63) is 39.4 Å². The second-order valence-electron chi connectivity index (χ2n) is 4.92. The van der Waals surface area contributed by atoms with E-state index in [1.54, 1.807) is 13.0 Å². The molecule has 0 spiro atoms. The molecule has 0 saturated heterocycles. The molecule has 1 aromatic carbocycles. The number of nitrogens with one attached hydrogen (secondary N) is 1. The van der Waals surface area contributed by atoms with Crippen molar-refractivity contribution in [2.24, 2.45) is 0 Å². The van der Waals surface area contributed by atoms with Crippen molar-refractivity contribution in [3.8, 4) is 0 Å². The summed E-state index contributed by atoms with van der Waals surface area (Å²) in [5.41, 5.74) is -1.24. The minimum Gasteiger partial charge on any atom is -0.480 e. The van der Waals surface area contributed by atoms with Gasteiger partial charge in [0.25, 0.3) is 11.6 Å². The molecule has 0 radical (unpaired) electrons. The van der Waals surface area contributed by atoms with E-state index in [4.69, 9.17) is 0 Å². The predicted molar refractivity (Wildman–Crippen MR) is 69.5 cm³/mol. The van der Waals surface area contributed by atoms with E-state index < -0.39 is 22.3 Å². The van der Waals surface area contributed by atoms with Crippen LogP contribution in [0.25, 0.3) is 0 Å². The SMILES string of the molecule is Cc1cccc([N+](=O)[O-])c1C(=O)NC1(C(=O)O)CCC1. The monoisotopic (exact) mass is 278 g/mol. The van der Waals surface area contributed by atoms with E-state index in [-0.39, 0.29) is 11.3 Å². The molecule has 7 heteroatoms. The molecule has 0 aliphatic heterocycles. The molecule has 1 aliphatic rings. The van der Waals surface area contributed by atoms with Gasteiger partial charge in [-0.1, -0.05) is 12.1 Å². The lowest BCUT2D eigenvalue weighted by molar-refractivity contribution is -0.385. The number of nitro benzene ring substituents is 1. The molecular formula is C13H14N2O5. The highest BCUT2D eigenvalue weighted by molar-refractivity contribution is 6.02. The van der Waals surface area contributed by atoms with Gasteiger partial charge in [-0.25, -0.2) is 4.79 Å². The number of nitrogens with zero attached hydrogens (tertiary/aromatic N) is 1. The molecule has 1 aliphatic carbocycles. The molecule has 0 bridgehead atoms. The number of aliphatic carboxylic acids is 1. The fourth-order valence-corrected chi connectivity index (χ4v) is 2.30. The number of nitro groups is 1. The van der Waals surface area contributed by atoms with E-state index in [0.29, 0.717) is 24.8 Å². The summed E-state index contributed by atoms with van der Waals surface area (Å²) in [6.07, 6.45) is 1.39. The number of carbonyl (C=O) groups excluding carboxylic acids is 1. The number of benzene rings is 1. The first-order valence-electron chi connectivity index (χ1n) is 6.17. The lowest BCUT2D eigenvalue weighted by Gasteiger charge is -2.38. The normalized spacial score (nSPS) is 16.1. The molecular weight excluding hydrogens is 264 g/mol. The van der Waals surface area contributed by atoms with E-state index >= 15 is 0 Å². The van der Waals surface area contributed by atoms with E-state index in [1.807, 2.05) is 0 Å². The van der Waals surface area contributed by atoms with Crippen molar-refractivity contribution in [2.75, 3.05) is 0 Å². The summed E-state index contributed by atoms with van der Waals surface area (Å²) >= 11 is 0. The Hall–Kier alpha value is -2.44. The zero-order chi connectivity index (χ0) is 14.9. The van der Waals surface area contributed by atoms with E-state index in [9.17, 15) is 24.8 Å². The maximum Gasteiger partial charge on any atom is 0.329 e. The lowest BCUT2D eigenvalue weighted by atomic mass is 9.76. The van der Waals surface area contributed by atoms with Gasteiger partial charge >= 0.3 is 5.97 Å². The first-order valence-corrected chi connectivity index (χ1v) is 6.17. The molecule has 1 amide bonds. The minimum atomic E-state index is -1.28. The molecule has 1 aromatic rings. The third-order valence-corrected chi connectivity index (χ3v) is 3.64. The smallest absolute Gasteiger partial charge is 0.329 e. The van der Waals surface area contributed by atoms with Crippen molar-refractivity contribution in [1.29, 1.82) is 0 Å². The molecule has 7 nitrogen and oxygen atoms in total. The van der Waals surface area contributed by atoms with Gasteiger partial charge in [-0.05, 0) is 31.7 Å². The van der Waals surface area contributed by atoms with Crippen molar-refractivity contribution in [2.45, 2.75) is 31.7 Å². The van der Waals surface area contributed by atoms with Gasteiger partial charge in [0.1, 0.15) is 11.1 Å². The number of carboxylic acids is 1. The Labute approximate surface area is 114 Å². The van der Waals surface area contributed by atoms with Crippen molar-refractivity contribution < 1.29 is 19.6 Å². The summed E-state index contributed by atoms with van der Waals surface area (Å²) in [7, 11) is 0. The Bertz CT molecular complexity index is 592. The number of aryl methyl sites for hydroxylation is 1. The van der Waals surface area contributed by atoms with Crippen LogP contribution in [0, 0.1) is 17.0 Å². The number of carbonyl (C=O) groups is 2. The van der Waals surface area contributed by atoms with E-state index in [2.05, 4.69) is 5.32 Å². The molecule has 0 atom stereocenters. The van der Waals surface area contributed by atoms with E-state index in [1.165, 1.54) is 12.1 Å². The molecule has 1 fully saturated rings. The van der Waals surface area contributed by atoms with Crippen molar-refractivity contribution >= 4 is 17.6 Å². The Kier molecular flexibility index (Phi) is 3.44. The van der Waals surface area contributed by atoms with Gasteiger partial charge in [0.15, 0.2) is 0 Å². The number of hydrogen-bond donors (Lipinski definition) is 2. The lowest BCUT2D eigenvalue weighted by Crippen LogP contribution is -2.59. The number of hydrogen-bond acceptors (Lipinski definition) is 4. The summed E-state index contributed by atoms with van der Waals surface area (Å²) < 4.78 is 0. The predicted octanol–water partition coefficient (Wildman–Crippen LogP) is 1.64. The maximum atomic E-state index is 12.2. The van der Waals surface area contributed by atoms with Crippen LogP contribution < -0.4 is 5.32 Å². The first-order chi connectivity index (χ1) is 9.37. The van der Waals surface area contributed by atoms with Gasteiger partial charge in [-0.15, -0.1) is 0 Å². The summed E-state index contributed by atoms with van der Waals surface area (Å²) in [4.78, 5) is 33.8. The highest BCUT2D eigenvalue weighted by atomic mass is 16.6. The summed E-state index contributed by atoms with van der Waals surface area (Å²) in [5, 5.41) is 22.6. The van der Waals surface area contributed by atoms with Crippen LogP contribution in [0.1, 0.15) is 35.2 Å². The molecule has 106 valence electrons. The van der Waals surface area contributed by atoms with Crippen LogP contribution in [0.4, 0.5) is 5.69 Å². The highest BCUT2D eigenvalue weighted by Gasteiger charge is 2.46. The van der Waals surface area contributed by atoms with Gasteiger partial charge in [0, 0.05) is 6.07 Å². The van der Waals surface area contributed by atoms with Gasteiger partial charge in [0.2, 0.25) is 0 Å². The van der Waals surface area contributed by atoms with Gasteiger partial charge < -0.3 is 10.4 Å². The summed E-state index contributed by atoms with van der Waals surface area (Å²) in [6.45, 7) is 1.58. The topological polar surface area (TPSA) is 110 Å². The fraction of sp³-hybridized carbons (Fsp3) is 0.385. The van der Waals surface area contributed by atoms with Crippen molar-refractivity contribution in [3.63, 3.8) is 0 Å². The maximum absolute atomic E-state index is 12.2. The highest BCUT2D eigenvalue weighted by Crippen LogP contribution is 2.33. The quantitative estimate of drug-likeness (QED) is 0.642. The van der Waals surface area contributed by atoms with Crippen LogP contribution in [0.3, 0.4) is 0 Å². The van der Waals surface area contributed by atoms with Gasteiger partial charge in [-0.3, -0.25) is 14.9 Å². The summed E-state index contributed by atoms with van der Waals surface area (Å²) in [5.74, 6) is -1.81. The third-order valence-electron chi connectivity index (χ3n) is 3.64. The molecule has 1 saturated carbocycles. The van der Waals surface area contributed by atoms with E-state index in [0.717, 1.165) is 0 Å². The van der Waals surface area contributed by atoms with Gasteiger partial charge in [0.05, 0.1) is 4.92 Å². The van der Waals surface area contributed by atoms with Crippen LogP contribution in [-0.2, 0) is 4.79 Å². The Balaban J connectivity index is 2.35. The molecule has 0 unspecified atom stereocenters. The first kappa shape index (κ1) is 14.0. The van der Waals surface area contributed by atoms with Crippen LogP contribution in [-0.4, -0.2) is 27.4 Å². The second kappa shape index (κ2) is 4.92. The number of amides is 1. The molecule has 0 heterocycles. The molecule has 2 rings (SSSR count). The average Bonchev–Trinajstić information content (AvgIpc) is 2.32. The van der Waals surface area contributed by atoms with Crippen LogP contribution in [0.15, 0.2) is 18.2 Å². The molecule has 2 N–H and O–H groups in total. The van der Waals surface area contributed by atoms with Crippen LogP contribution in [0.5, 0.6) is 0 Å². The standard InChI is InChI=1S/C13H14N2O5/c1-8-4-2-5-9(15(19)20)10(8)11(16)14-13(12(17)18)6-3-7-13/h2,4-5H,3,6-7H2,1H3,(H,14,16)(H,17,18). The molecule has 20 heavy (non-hydrogen) atoms. The zero-order valence-corrected chi connectivity index (χ0v) is 10.9. The third kappa shape index (κ3) is 2.22. The van der Waals surface area contributed by atoms with Crippen LogP contribution >= 0.6 is 0 Å². The largest absolute Gasteiger partial charge is 0.480 e. The Morgan fingerprint density at radius 2 is 2.05 bits per heavy atom. The van der Waals surface area contributed by atoms with Gasteiger partial charge in [-0.2, -0.15) is 0 Å².